The van der Waals surface area contributed by atoms with Crippen LogP contribution in [0.15, 0.2) is 30.3 Å². The number of alkyl halides is 2. The van der Waals surface area contributed by atoms with Crippen molar-refractivity contribution >= 4 is 39.8 Å². The highest BCUT2D eigenvalue weighted by Crippen LogP contribution is 2.47. The van der Waals surface area contributed by atoms with E-state index in [0.717, 1.165) is 11.1 Å². The minimum atomic E-state index is -0.951. The largest absolute Gasteiger partial charge is 0.163 e. The van der Waals surface area contributed by atoms with Crippen LogP contribution in [0.2, 0.25) is 0 Å². The van der Waals surface area contributed by atoms with Gasteiger partial charge in [0.25, 0.3) is 0 Å². The Balaban J connectivity index is 2.68. The second-order valence-electron chi connectivity index (χ2n) is 2.66. The van der Waals surface area contributed by atoms with Crippen molar-refractivity contribution in [1.82, 2.24) is 0 Å². The van der Waals surface area contributed by atoms with Crippen LogP contribution in [0, 0.1) is 0 Å². The lowest BCUT2D eigenvalue weighted by molar-refractivity contribution is 1.13. The van der Waals surface area contributed by atoms with Crippen LogP contribution in [0.25, 0.3) is 5.03 Å². The fourth-order valence-electron chi connectivity index (χ4n) is 1.30. The van der Waals surface area contributed by atoms with E-state index in [2.05, 4.69) is 0 Å². The van der Waals surface area contributed by atoms with Crippen LogP contribution in [-0.4, -0.2) is 0 Å². The molecule has 1 aliphatic carbocycles. The summed E-state index contributed by atoms with van der Waals surface area (Å²) in [4.78, 5) is 0. The number of rotatable bonds is 0. The molecule has 2 rings (SSSR count). The lowest BCUT2D eigenvalue weighted by Gasteiger charge is -2.10. The molecule has 0 atom stereocenters. The third-order valence-electron chi connectivity index (χ3n) is 1.85. The molecular formula is C9H5Cl3. The summed E-state index contributed by atoms with van der Waals surface area (Å²) in [7, 11) is 0. The van der Waals surface area contributed by atoms with Gasteiger partial charge in [-0.15, -0.1) is 0 Å². The lowest BCUT2D eigenvalue weighted by Crippen LogP contribution is -2.02. The molecule has 0 saturated carbocycles. The molecule has 0 N–H and O–H groups in total. The lowest BCUT2D eigenvalue weighted by atomic mass is 10.1. The van der Waals surface area contributed by atoms with Gasteiger partial charge in [-0.2, -0.15) is 0 Å². The monoisotopic (exact) mass is 218 g/mol. The smallest absolute Gasteiger partial charge is 0.0915 e. The molecule has 0 amide bonds. The maximum atomic E-state index is 6.00. The standard InChI is InChI=1S/C9H5Cl3/c10-8-5-9(11,12)7-4-2-1-3-6(7)8/h1-5H. The molecule has 0 heterocycles. The molecule has 0 nitrogen and oxygen atoms in total. The van der Waals surface area contributed by atoms with Gasteiger partial charge in [-0.05, 0) is 11.6 Å². The third-order valence-corrected chi connectivity index (χ3v) is 2.79. The quantitative estimate of drug-likeness (QED) is 0.580. The van der Waals surface area contributed by atoms with E-state index in [9.17, 15) is 0 Å². The van der Waals surface area contributed by atoms with Gasteiger partial charge < -0.3 is 0 Å². The van der Waals surface area contributed by atoms with E-state index in [-0.39, 0.29) is 0 Å². The molecule has 0 aromatic heterocycles. The molecule has 0 saturated heterocycles. The van der Waals surface area contributed by atoms with Gasteiger partial charge in [0.2, 0.25) is 0 Å². The number of hydrogen-bond donors (Lipinski definition) is 0. The maximum absolute atomic E-state index is 6.00. The summed E-state index contributed by atoms with van der Waals surface area (Å²) in [5.74, 6) is 0. The summed E-state index contributed by atoms with van der Waals surface area (Å²) in [6, 6.07) is 7.58. The Labute approximate surface area is 85.7 Å². The minimum Gasteiger partial charge on any atom is -0.0915 e. The average Bonchev–Trinajstić information content (AvgIpc) is 2.25. The van der Waals surface area contributed by atoms with E-state index in [4.69, 9.17) is 34.8 Å². The van der Waals surface area contributed by atoms with Crippen LogP contribution in [-0.2, 0) is 4.33 Å². The van der Waals surface area contributed by atoms with Crippen molar-refractivity contribution in [2.45, 2.75) is 4.33 Å². The van der Waals surface area contributed by atoms with Crippen LogP contribution in [0.1, 0.15) is 11.1 Å². The van der Waals surface area contributed by atoms with Gasteiger partial charge in [-0.3, -0.25) is 0 Å². The Kier molecular flexibility index (Phi) is 1.87. The van der Waals surface area contributed by atoms with Crippen molar-refractivity contribution in [2.24, 2.45) is 0 Å². The SMILES string of the molecule is ClC1=CC(Cl)(Cl)c2ccccc21. The van der Waals surface area contributed by atoms with E-state index in [1.807, 2.05) is 24.3 Å². The van der Waals surface area contributed by atoms with Crippen LogP contribution in [0.4, 0.5) is 0 Å². The van der Waals surface area contributed by atoms with Crippen LogP contribution >= 0.6 is 34.8 Å². The fourth-order valence-corrected chi connectivity index (χ4v) is 2.28. The first-order valence-electron chi connectivity index (χ1n) is 3.47. The Morgan fingerprint density at radius 3 is 2.42 bits per heavy atom. The predicted octanol–water partition coefficient (Wildman–Crippen LogP) is 3.91. The molecule has 0 radical (unpaired) electrons. The van der Waals surface area contributed by atoms with E-state index >= 15 is 0 Å². The molecule has 1 aromatic carbocycles. The van der Waals surface area contributed by atoms with E-state index in [1.54, 1.807) is 6.08 Å². The summed E-state index contributed by atoms with van der Waals surface area (Å²) >= 11 is 17.9. The van der Waals surface area contributed by atoms with Crippen molar-refractivity contribution in [3.8, 4) is 0 Å². The second-order valence-corrected chi connectivity index (χ2v) is 4.45. The van der Waals surface area contributed by atoms with Crippen LogP contribution < -0.4 is 0 Å². The van der Waals surface area contributed by atoms with Gasteiger partial charge in [0.15, 0.2) is 4.33 Å². The zero-order chi connectivity index (χ0) is 8.77. The highest BCUT2D eigenvalue weighted by atomic mass is 35.5. The van der Waals surface area contributed by atoms with Gasteiger partial charge in [0.05, 0.1) is 0 Å². The van der Waals surface area contributed by atoms with Crippen molar-refractivity contribution < 1.29 is 0 Å². The summed E-state index contributed by atoms with van der Waals surface area (Å²) in [5, 5.41) is 0.621. The van der Waals surface area contributed by atoms with Gasteiger partial charge in [0, 0.05) is 10.6 Å². The summed E-state index contributed by atoms with van der Waals surface area (Å²) in [5.41, 5.74) is 1.78. The number of allylic oxidation sites excluding steroid dienone is 1. The fraction of sp³-hybridized carbons (Fsp3) is 0.111. The predicted molar refractivity (Wildman–Crippen MR) is 53.7 cm³/mol. The number of fused-ring (bicyclic) bond motifs is 1. The highest BCUT2D eigenvalue weighted by molar-refractivity contribution is 6.56. The van der Waals surface area contributed by atoms with Crippen LogP contribution in [0.5, 0.6) is 0 Å². The molecule has 0 bridgehead atoms. The zero-order valence-electron chi connectivity index (χ0n) is 6.02. The van der Waals surface area contributed by atoms with Crippen molar-refractivity contribution in [3.05, 3.63) is 41.5 Å². The molecule has 1 aromatic rings. The summed E-state index contributed by atoms with van der Waals surface area (Å²) in [6.45, 7) is 0. The second kappa shape index (κ2) is 2.66. The zero-order valence-corrected chi connectivity index (χ0v) is 8.29. The number of hydrogen-bond acceptors (Lipinski definition) is 0. The van der Waals surface area contributed by atoms with Crippen molar-refractivity contribution in [3.63, 3.8) is 0 Å². The molecule has 12 heavy (non-hydrogen) atoms. The summed E-state index contributed by atoms with van der Waals surface area (Å²) < 4.78 is -0.951. The topological polar surface area (TPSA) is 0 Å². The molecule has 62 valence electrons. The molecule has 3 heteroatoms. The Morgan fingerprint density at radius 2 is 1.75 bits per heavy atom. The van der Waals surface area contributed by atoms with E-state index in [1.165, 1.54) is 0 Å². The Bertz CT molecular complexity index is 353. The van der Waals surface area contributed by atoms with Crippen LogP contribution in [0.3, 0.4) is 0 Å². The first-order chi connectivity index (χ1) is 5.61. The van der Waals surface area contributed by atoms with Gasteiger partial charge in [0.1, 0.15) is 0 Å². The van der Waals surface area contributed by atoms with Gasteiger partial charge in [-0.1, -0.05) is 59.1 Å². The van der Waals surface area contributed by atoms with E-state index in [0.29, 0.717) is 5.03 Å². The van der Waals surface area contributed by atoms with Crippen molar-refractivity contribution in [2.75, 3.05) is 0 Å². The molecule has 0 unspecified atom stereocenters. The molecule has 0 fully saturated rings. The maximum Gasteiger partial charge on any atom is 0.163 e. The molecule has 0 spiro atoms. The third kappa shape index (κ3) is 1.15. The number of benzene rings is 1. The summed E-state index contributed by atoms with van der Waals surface area (Å²) in [6.07, 6.45) is 1.64. The molecule has 1 aliphatic rings. The Hall–Kier alpha value is -0.170. The van der Waals surface area contributed by atoms with Gasteiger partial charge in [-0.25, -0.2) is 0 Å². The first kappa shape index (κ1) is 8.43. The highest BCUT2D eigenvalue weighted by Gasteiger charge is 2.33. The van der Waals surface area contributed by atoms with Crippen molar-refractivity contribution in [1.29, 1.82) is 0 Å². The normalized spacial score (nSPS) is 18.8. The average molecular weight is 219 g/mol. The molecular weight excluding hydrogens is 214 g/mol. The number of halogens is 3. The first-order valence-corrected chi connectivity index (χ1v) is 4.61. The van der Waals surface area contributed by atoms with Gasteiger partial charge >= 0.3 is 0 Å². The minimum absolute atomic E-state index is 0.621. The molecule has 0 aliphatic heterocycles. The van der Waals surface area contributed by atoms with E-state index < -0.39 is 4.33 Å². The Morgan fingerprint density at radius 1 is 1.08 bits per heavy atom.